The van der Waals surface area contributed by atoms with Crippen LogP contribution in [0.4, 0.5) is 45.3 Å². The minimum atomic E-state index is -5.44. The van der Waals surface area contributed by atoms with Crippen LogP contribution in [0.3, 0.4) is 0 Å². The number of hydrogen-bond acceptors (Lipinski definition) is 9. The van der Waals surface area contributed by atoms with Crippen LogP contribution >= 0.6 is 0 Å². The Bertz CT molecular complexity index is 2290. The van der Waals surface area contributed by atoms with Gasteiger partial charge >= 0.3 is 24.5 Å². The van der Waals surface area contributed by atoms with Crippen LogP contribution in [0.15, 0.2) is 24.3 Å². The molecule has 4 fully saturated rings. The number of phenolic OH excluding ortho intramolecular Hbond substituents is 1. The van der Waals surface area contributed by atoms with Crippen molar-refractivity contribution in [3.63, 3.8) is 0 Å². The number of pyridine rings is 1. The third-order valence-electron chi connectivity index (χ3n) is 11.2. The molecule has 2 unspecified atom stereocenters. The first kappa shape index (κ1) is 38.6. The van der Waals surface area contributed by atoms with E-state index in [4.69, 9.17) is 11.2 Å². The average Bonchev–Trinajstić information content (AvgIpc) is 3.86. The number of ether oxygens (including phenoxy) is 2. The summed E-state index contributed by atoms with van der Waals surface area (Å²) >= 11 is 0. The molecule has 1 amide bonds. The molecule has 3 saturated heterocycles. The number of halogens is 9. The van der Waals surface area contributed by atoms with E-state index in [0.717, 1.165) is 12.1 Å². The molecule has 5 heterocycles. The smallest absolute Gasteiger partial charge is 0.508 e. The van der Waals surface area contributed by atoms with Gasteiger partial charge < -0.3 is 29.3 Å². The Morgan fingerprint density at radius 3 is 2.26 bits per heavy atom. The maximum atomic E-state index is 17.2. The zero-order valence-corrected chi connectivity index (χ0v) is 29.9. The van der Waals surface area contributed by atoms with Gasteiger partial charge in [0.1, 0.15) is 40.2 Å². The van der Waals surface area contributed by atoms with Crippen molar-refractivity contribution >= 4 is 33.4 Å². The van der Waals surface area contributed by atoms with Gasteiger partial charge in [0.2, 0.25) is 5.88 Å². The lowest BCUT2D eigenvalue weighted by atomic mass is 9.95. The molecule has 2 aromatic carbocycles. The monoisotopic (exact) mass is 808 g/mol. The molecule has 2 bridgehead atoms. The Kier molecular flexibility index (Phi) is 9.48. The Hall–Kier alpha value is -5.25. The number of piperidine rings is 1. The van der Waals surface area contributed by atoms with Gasteiger partial charge in [-0.25, -0.2) is 18.2 Å². The summed E-state index contributed by atoms with van der Waals surface area (Å²) in [6, 6.07) is 1.79. The lowest BCUT2D eigenvalue weighted by Gasteiger charge is -2.42. The summed E-state index contributed by atoms with van der Waals surface area (Å²) in [5.41, 5.74) is -2.88. The highest BCUT2D eigenvalue weighted by Gasteiger charge is 2.52. The molecular formula is C38H33F9N6O4. The van der Waals surface area contributed by atoms with Gasteiger partial charge in [0, 0.05) is 49.1 Å². The standard InChI is InChI=1S/C38H33F9N6O4/c1-2-24-26(40)6-3-19-13-23(54)14-25(27(19)24)30-29(41)31-28(33(48-30)57-38(45,46)47)32(52-15-21-4-5-22(16-52)53(21)34(55)37(42,43)44)50-35(49-31)56-18-36(9-10-36)17-51-11-7-20(39)8-12-51/h1,3,6,13-14,20-22,54H,4-5,7-12,15-18H2. The number of anilines is 1. The summed E-state index contributed by atoms with van der Waals surface area (Å²) < 4.78 is 140. The molecule has 2 atom stereocenters. The van der Waals surface area contributed by atoms with Crippen LogP contribution in [0.2, 0.25) is 0 Å². The number of aromatic hydroxyl groups is 1. The van der Waals surface area contributed by atoms with Crippen molar-refractivity contribution in [3.8, 4) is 41.2 Å². The maximum absolute atomic E-state index is 17.2. The highest BCUT2D eigenvalue weighted by molar-refractivity contribution is 6.04. The molecule has 1 aliphatic carbocycles. The molecule has 0 radical (unpaired) electrons. The average molecular weight is 809 g/mol. The first-order valence-electron chi connectivity index (χ1n) is 18.2. The van der Waals surface area contributed by atoms with Crippen LogP contribution in [0.5, 0.6) is 17.6 Å². The molecule has 1 saturated carbocycles. The van der Waals surface area contributed by atoms with Gasteiger partial charge in [-0.15, -0.1) is 19.6 Å². The van der Waals surface area contributed by atoms with Crippen LogP contribution in [-0.2, 0) is 4.79 Å². The third-order valence-corrected chi connectivity index (χ3v) is 11.2. The number of likely N-dealkylation sites (tertiary alicyclic amines) is 1. The number of phenols is 1. The van der Waals surface area contributed by atoms with Crippen LogP contribution in [0.1, 0.15) is 44.1 Å². The molecule has 2 aromatic heterocycles. The van der Waals surface area contributed by atoms with Crippen molar-refractivity contribution in [1.82, 2.24) is 24.8 Å². The minimum Gasteiger partial charge on any atom is -0.508 e. The summed E-state index contributed by atoms with van der Waals surface area (Å²) in [6.45, 7) is 0.916. The van der Waals surface area contributed by atoms with E-state index in [1.165, 1.54) is 17.0 Å². The molecule has 1 N–H and O–H groups in total. The number of carbonyl (C=O) groups excluding carboxylic acids is 1. The van der Waals surface area contributed by atoms with Crippen molar-refractivity contribution in [3.05, 3.63) is 41.5 Å². The second-order valence-corrected chi connectivity index (χ2v) is 15.1. The number of fused-ring (bicyclic) bond motifs is 4. The summed E-state index contributed by atoms with van der Waals surface area (Å²) in [7, 11) is 0. The fourth-order valence-electron chi connectivity index (χ4n) is 8.34. The van der Waals surface area contributed by atoms with Crippen LogP contribution in [0, 0.1) is 29.4 Å². The molecule has 4 aromatic rings. The SMILES string of the molecule is C#Cc1c(F)ccc2cc(O)cc(-c3nc(OC(F)(F)F)c4c(N5CC6CCC(C5)N6C(=O)C(F)(F)F)nc(OCC5(CN6CCC(F)CC6)CC5)nc4c3F)c12. The molecule has 57 heavy (non-hydrogen) atoms. The molecule has 4 aliphatic rings. The second kappa shape index (κ2) is 14.0. The number of alkyl halides is 7. The lowest BCUT2D eigenvalue weighted by molar-refractivity contribution is -0.275. The fraction of sp³-hybridized carbons (Fsp3) is 0.474. The minimum absolute atomic E-state index is 0.0138. The zero-order valence-electron chi connectivity index (χ0n) is 29.9. The largest absolute Gasteiger partial charge is 0.574 e. The van der Waals surface area contributed by atoms with Crippen molar-refractivity contribution < 1.29 is 58.9 Å². The molecule has 10 nitrogen and oxygen atoms in total. The normalized spacial score (nSPS) is 21.3. The predicted octanol–water partition coefficient (Wildman–Crippen LogP) is 7.04. The second-order valence-electron chi connectivity index (χ2n) is 15.1. The van der Waals surface area contributed by atoms with Gasteiger partial charge in [0.05, 0.1) is 24.3 Å². The van der Waals surface area contributed by atoms with E-state index in [0.29, 0.717) is 50.2 Å². The number of piperazine rings is 1. The van der Waals surface area contributed by atoms with Crippen molar-refractivity contribution in [2.75, 3.05) is 44.2 Å². The fourth-order valence-corrected chi connectivity index (χ4v) is 8.34. The van der Waals surface area contributed by atoms with Gasteiger partial charge in [-0.2, -0.15) is 23.1 Å². The van der Waals surface area contributed by atoms with Crippen molar-refractivity contribution in [2.24, 2.45) is 5.41 Å². The quantitative estimate of drug-likeness (QED) is 0.148. The number of nitrogens with zero attached hydrogens (tertiary/aromatic N) is 6. The van der Waals surface area contributed by atoms with Gasteiger partial charge in [0.25, 0.3) is 0 Å². The molecule has 0 spiro atoms. The number of benzene rings is 2. The Labute approximate surface area is 318 Å². The number of hydrogen-bond donors (Lipinski definition) is 1. The topological polar surface area (TPSA) is 104 Å². The first-order chi connectivity index (χ1) is 26.9. The molecule has 8 rings (SSSR count). The number of terminal acetylenes is 1. The van der Waals surface area contributed by atoms with Crippen molar-refractivity contribution in [2.45, 2.75) is 69.3 Å². The highest BCUT2D eigenvalue weighted by Crippen LogP contribution is 2.48. The molecule has 19 heteroatoms. The van der Waals surface area contributed by atoms with E-state index >= 15 is 8.78 Å². The van der Waals surface area contributed by atoms with Crippen molar-refractivity contribution in [1.29, 1.82) is 0 Å². The van der Waals surface area contributed by atoms with E-state index < -0.39 is 105 Å². The van der Waals surface area contributed by atoms with Gasteiger partial charge in [-0.05, 0) is 62.1 Å². The zero-order chi connectivity index (χ0) is 40.6. The van der Waals surface area contributed by atoms with E-state index in [1.54, 1.807) is 0 Å². The summed E-state index contributed by atoms with van der Waals surface area (Å²) in [4.78, 5) is 29.1. The maximum Gasteiger partial charge on any atom is 0.574 e. The Morgan fingerprint density at radius 1 is 0.965 bits per heavy atom. The van der Waals surface area contributed by atoms with Crippen LogP contribution in [-0.4, -0.2) is 106 Å². The highest BCUT2D eigenvalue weighted by atomic mass is 19.4. The number of carbonyl (C=O) groups is 1. The third kappa shape index (κ3) is 7.39. The number of aromatic nitrogens is 3. The van der Waals surface area contributed by atoms with Crippen LogP contribution < -0.4 is 14.4 Å². The van der Waals surface area contributed by atoms with E-state index in [-0.39, 0.29) is 43.3 Å². The summed E-state index contributed by atoms with van der Waals surface area (Å²) in [5, 5.41) is 9.81. The molecule has 3 aliphatic heterocycles. The number of amides is 1. The first-order valence-corrected chi connectivity index (χ1v) is 18.2. The van der Waals surface area contributed by atoms with E-state index in [2.05, 4.69) is 30.5 Å². The molecule has 302 valence electrons. The van der Waals surface area contributed by atoms with E-state index in [1.807, 2.05) is 0 Å². The van der Waals surface area contributed by atoms with Gasteiger partial charge in [0.15, 0.2) is 5.82 Å². The van der Waals surface area contributed by atoms with Gasteiger partial charge in [-0.3, -0.25) is 4.79 Å². The lowest BCUT2D eigenvalue weighted by Crippen LogP contribution is -2.59. The summed E-state index contributed by atoms with van der Waals surface area (Å²) in [6.07, 6.45) is -3.46. The van der Waals surface area contributed by atoms with Crippen LogP contribution in [0.25, 0.3) is 32.9 Å². The molecular weight excluding hydrogens is 775 g/mol. The Morgan fingerprint density at radius 2 is 1.65 bits per heavy atom. The van der Waals surface area contributed by atoms with E-state index in [9.17, 15) is 40.6 Å². The van der Waals surface area contributed by atoms with Gasteiger partial charge in [-0.1, -0.05) is 12.0 Å². The summed E-state index contributed by atoms with van der Waals surface area (Å²) in [5.74, 6) is -4.36. The predicted molar refractivity (Wildman–Crippen MR) is 186 cm³/mol. The number of rotatable bonds is 8. The Balaban J connectivity index is 1.28.